The summed E-state index contributed by atoms with van der Waals surface area (Å²) >= 11 is 0. The van der Waals surface area contributed by atoms with Gasteiger partial charge < -0.3 is 4.90 Å². The zero-order chi connectivity index (χ0) is 9.68. The summed E-state index contributed by atoms with van der Waals surface area (Å²) < 4.78 is 0. The van der Waals surface area contributed by atoms with E-state index >= 15 is 0 Å². The van der Waals surface area contributed by atoms with Crippen molar-refractivity contribution in [1.82, 2.24) is 0 Å². The summed E-state index contributed by atoms with van der Waals surface area (Å²) in [5.41, 5.74) is 1.16. The van der Waals surface area contributed by atoms with Crippen LogP contribution in [0.5, 0.6) is 0 Å². The zero-order valence-corrected chi connectivity index (χ0v) is 8.07. The number of benzene rings is 1. The molecular weight excluding hydrogens is 160 g/mol. The Morgan fingerprint density at radius 2 is 2.00 bits per heavy atom. The lowest BCUT2D eigenvalue weighted by Gasteiger charge is -2.24. The first-order chi connectivity index (χ1) is 6.25. The molecule has 0 aliphatic rings. The van der Waals surface area contributed by atoms with Gasteiger partial charge in [0.2, 0.25) is 0 Å². The first kappa shape index (κ1) is 9.60. The van der Waals surface area contributed by atoms with Gasteiger partial charge in [-0.3, -0.25) is 0 Å². The fourth-order valence-electron chi connectivity index (χ4n) is 1.19. The van der Waals surface area contributed by atoms with Crippen molar-refractivity contribution in [3.63, 3.8) is 0 Å². The van der Waals surface area contributed by atoms with Crippen molar-refractivity contribution in [2.24, 2.45) is 0 Å². The molecule has 2 nitrogen and oxygen atoms in total. The lowest BCUT2D eigenvalue weighted by Crippen LogP contribution is -2.28. The smallest absolute Gasteiger partial charge is 0.0643 e. The van der Waals surface area contributed by atoms with E-state index in [-0.39, 0.29) is 6.04 Å². The molecule has 0 bridgehead atoms. The van der Waals surface area contributed by atoms with Gasteiger partial charge in [-0.2, -0.15) is 5.26 Å². The Morgan fingerprint density at radius 3 is 2.54 bits per heavy atom. The van der Waals surface area contributed by atoms with Gasteiger partial charge in [0.1, 0.15) is 0 Å². The van der Waals surface area contributed by atoms with Gasteiger partial charge >= 0.3 is 0 Å². The molecule has 1 aromatic rings. The number of para-hydroxylation sites is 1. The van der Waals surface area contributed by atoms with Gasteiger partial charge in [0, 0.05) is 18.8 Å². The van der Waals surface area contributed by atoms with Crippen LogP contribution in [0.3, 0.4) is 0 Å². The Kier molecular flexibility index (Phi) is 3.33. The molecular formula is C11H14N2. The highest BCUT2D eigenvalue weighted by Gasteiger charge is 2.07. The molecule has 13 heavy (non-hydrogen) atoms. The number of hydrogen-bond acceptors (Lipinski definition) is 2. The zero-order valence-electron chi connectivity index (χ0n) is 8.07. The molecule has 0 fully saturated rings. The summed E-state index contributed by atoms with van der Waals surface area (Å²) in [4.78, 5) is 2.11. The van der Waals surface area contributed by atoms with Gasteiger partial charge in [-0.05, 0) is 19.1 Å². The van der Waals surface area contributed by atoms with Gasteiger partial charge in [-0.25, -0.2) is 0 Å². The van der Waals surface area contributed by atoms with Crippen molar-refractivity contribution in [3.05, 3.63) is 30.3 Å². The normalized spacial score (nSPS) is 11.8. The van der Waals surface area contributed by atoms with E-state index in [0.29, 0.717) is 6.42 Å². The monoisotopic (exact) mass is 174 g/mol. The lowest BCUT2D eigenvalue weighted by atomic mass is 10.2. The van der Waals surface area contributed by atoms with E-state index in [1.807, 2.05) is 37.4 Å². The van der Waals surface area contributed by atoms with Gasteiger partial charge in [0.25, 0.3) is 0 Å². The molecule has 0 aliphatic heterocycles. The highest BCUT2D eigenvalue weighted by Crippen LogP contribution is 2.14. The Bertz CT molecular complexity index is 287. The predicted octanol–water partition coefficient (Wildman–Crippen LogP) is 2.42. The summed E-state index contributed by atoms with van der Waals surface area (Å²) in [6.45, 7) is 2.05. The number of hydrogen-bond donors (Lipinski definition) is 0. The molecule has 0 saturated carbocycles. The fraction of sp³-hybridized carbons (Fsp3) is 0.364. The number of nitriles is 1. The molecule has 1 rings (SSSR count). The van der Waals surface area contributed by atoms with Crippen LogP contribution in [0, 0.1) is 11.3 Å². The maximum absolute atomic E-state index is 8.56. The molecule has 0 aliphatic carbocycles. The van der Waals surface area contributed by atoms with Gasteiger partial charge in [-0.1, -0.05) is 18.2 Å². The maximum atomic E-state index is 8.56. The minimum absolute atomic E-state index is 0.271. The molecule has 0 aromatic heterocycles. The number of nitrogens with zero attached hydrogens (tertiary/aromatic N) is 2. The van der Waals surface area contributed by atoms with E-state index in [1.54, 1.807) is 0 Å². The minimum atomic E-state index is 0.271. The van der Waals surface area contributed by atoms with Crippen molar-refractivity contribution >= 4 is 5.69 Å². The Morgan fingerprint density at radius 1 is 1.38 bits per heavy atom. The first-order valence-corrected chi connectivity index (χ1v) is 4.40. The number of rotatable bonds is 3. The third-order valence-corrected chi connectivity index (χ3v) is 2.21. The molecule has 0 spiro atoms. The third-order valence-electron chi connectivity index (χ3n) is 2.21. The van der Waals surface area contributed by atoms with Crippen LogP contribution in [-0.2, 0) is 0 Å². The van der Waals surface area contributed by atoms with Crippen LogP contribution in [0.2, 0.25) is 0 Å². The summed E-state index contributed by atoms with van der Waals surface area (Å²) in [5.74, 6) is 0. The largest absolute Gasteiger partial charge is 0.371 e. The number of anilines is 1. The van der Waals surface area contributed by atoms with Crippen molar-refractivity contribution in [2.45, 2.75) is 19.4 Å². The van der Waals surface area contributed by atoms with E-state index in [0.717, 1.165) is 5.69 Å². The summed E-state index contributed by atoms with van der Waals surface area (Å²) in [6, 6.07) is 12.5. The highest BCUT2D eigenvalue weighted by molar-refractivity contribution is 5.46. The molecule has 1 atom stereocenters. The van der Waals surface area contributed by atoms with Gasteiger partial charge in [0.05, 0.1) is 12.5 Å². The van der Waals surface area contributed by atoms with Crippen LogP contribution in [0.25, 0.3) is 0 Å². The predicted molar refractivity (Wildman–Crippen MR) is 54.5 cm³/mol. The first-order valence-electron chi connectivity index (χ1n) is 4.40. The topological polar surface area (TPSA) is 27.0 Å². The molecule has 0 heterocycles. The average molecular weight is 174 g/mol. The average Bonchev–Trinajstić information content (AvgIpc) is 2.18. The second kappa shape index (κ2) is 4.51. The van der Waals surface area contributed by atoms with Gasteiger partial charge in [-0.15, -0.1) is 0 Å². The van der Waals surface area contributed by atoms with E-state index in [9.17, 15) is 0 Å². The Hall–Kier alpha value is -1.49. The lowest BCUT2D eigenvalue weighted by molar-refractivity contribution is 0.703. The van der Waals surface area contributed by atoms with E-state index < -0.39 is 0 Å². The van der Waals surface area contributed by atoms with E-state index in [4.69, 9.17) is 5.26 Å². The minimum Gasteiger partial charge on any atom is -0.371 e. The van der Waals surface area contributed by atoms with Crippen LogP contribution in [0.15, 0.2) is 30.3 Å². The van der Waals surface area contributed by atoms with Crippen LogP contribution >= 0.6 is 0 Å². The van der Waals surface area contributed by atoms with E-state index in [1.165, 1.54) is 0 Å². The summed E-state index contributed by atoms with van der Waals surface area (Å²) in [6.07, 6.45) is 0.561. The van der Waals surface area contributed by atoms with Crippen LogP contribution in [0.1, 0.15) is 13.3 Å². The molecule has 68 valence electrons. The van der Waals surface area contributed by atoms with Gasteiger partial charge in [0.15, 0.2) is 0 Å². The second-order valence-electron chi connectivity index (χ2n) is 3.16. The Labute approximate surface area is 79.4 Å². The van der Waals surface area contributed by atoms with Crippen molar-refractivity contribution < 1.29 is 0 Å². The molecule has 0 radical (unpaired) electrons. The highest BCUT2D eigenvalue weighted by atomic mass is 15.1. The van der Waals surface area contributed by atoms with Crippen LogP contribution in [-0.4, -0.2) is 13.1 Å². The van der Waals surface area contributed by atoms with Crippen molar-refractivity contribution in [1.29, 1.82) is 5.26 Å². The Balaban J connectivity index is 2.69. The molecule has 1 unspecified atom stereocenters. The quantitative estimate of drug-likeness (QED) is 0.703. The van der Waals surface area contributed by atoms with Crippen LogP contribution in [0.4, 0.5) is 5.69 Å². The van der Waals surface area contributed by atoms with E-state index in [2.05, 4.69) is 17.9 Å². The molecule has 0 saturated heterocycles. The SMILES string of the molecule is CC(CC#N)N(C)c1ccccc1. The molecule has 0 N–H and O–H groups in total. The van der Waals surface area contributed by atoms with Crippen molar-refractivity contribution in [2.75, 3.05) is 11.9 Å². The standard InChI is InChI=1S/C11H14N2/c1-10(8-9-12)13(2)11-6-4-3-5-7-11/h3-7,10H,8H2,1-2H3. The molecule has 2 heteroatoms. The van der Waals surface area contributed by atoms with Crippen LogP contribution < -0.4 is 4.90 Å². The second-order valence-corrected chi connectivity index (χ2v) is 3.16. The third kappa shape index (κ3) is 2.48. The summed E-state index contributed by atoms with van der Waals surface area (Å²) in [7, 11) is 2.01. The molecule has 1 aromatic carbocycles. The molecule has 0 amide bonds. The van der Waals surface area contributed by atoms with Crippen molar-refractivity contribution in [3.8, 4) is 6.07 Å². The summed E-state index contributed by atoms with van der Waals surface area (Å²) in [5, 5.41) is 8.56. The fourth-order valence-corrected chi connectivity index (χ4v) is 1.19. The maximum Gasteiger partial charge on any atom is 0.0643 e.